The second kappa shape index (κ2) is 6.36. The van der Waals surface area contributed by atoms with Crippen molar-refractivity contribution in [2.75, 3.05) is 25.5 Å². The molecule has 1 fully saturated rings. The molecule has 1 N–H and O–H groups in total. The first-order valence-corrected chi connectivity index (χ1v) is 6.60. The van der Waals surface area contributed by atoms with Crippen molar-refractivity contribution in [3.05, 3.63) is 24.0 Å². The molecule has 1 aromatic heterocycles. The van der Waals surface area contributed by atoms with E-state index < -0.39 is 0 Å². The van der Waals surface area contributed by atoms with Gasteiger partial charge in [0.1, 0.15) is 6.07 Å². The van der Waals surface area contributed by atoms with Crippen molar-refractivity contribution >= 4 is 5.69 Å². The summed E-state index contributed by atoms with van der Waals surface area (Å²) in [5.41, 5.74) is 1.31. The van der Waals surface area contributed by atoms with Gasteiger partial charge in [0.05, 0.1) is 5.69 Å². The fourth-order valence-electron chi connectivity index (χ4n) is 2.53. The molecule has 0 aromatic carbocycles. The number of likely N-dealkylation sites (N-methyl/N-ethyl adjacent to an activating group) is 1. The topological polar surface area (TPSA) is 52.0 Å². The zero-order valence-corrected chi connectivity index (χ0v) is 10.9. The molecule has 0 spiro atoms. The van der Waals surface area contributed by atoms with Crippen LogP contribution in [-0.4, -0.2) is 36.1 Å². The summed E-state index contributed by atoms with van der Waals surface area (Å²) in [6.07, 6.45) is 7.03. The Morgan fingerprint density at radius 1 is 1.50 bits per heavy atom. The van der Waals surface area contributed by atoms with Crippen molar-refractivity contribution in [2.45, 2.75) is 31.7 Å². The van der Waals surface area contributed by atoms with E-state index in [1.165, 1.54) is 25.7 Å². The Morgan fingerprint density at radius 3 is 3.00 bits per heavy atom. The van der Waals surface area contributed by atoms with Crippen LogP contribution in [0.4, 0.5) is 5.69 Å². The highest BCUT2D eigenvalue weighted by Gasteiger charge is 2.18. The van der Waals surface area contributed by atoms with Gasteiger partial charge in [-0.3, -0.25) is 0 Å². The molecule has 2 rings (SSSR count). The monoisotopic (exact) mass is 244 g/mol. The quantitative estimate of drug-likeness (QED) is 0.863. The SMILES string of the molecule is CN(CCNc1cccnc1C#N)C1CCCC1. The highest BCUT2D eigenvalue weighted by molar-refractivity contribution is 5.53. The smallest absolute Gasteiger partial charge is 0.163 e. The van der Waals surface area contributed by atoms with Crippen LogP contribution in [0.1, 0.15) is 31.4 Å². The third kappa shape index (κ3) is 3.21. The van der Waals surface area contributed by atoms with E-state index in [0.29, 0.717) is 5.69 Å². The molecule has 1 heterocycles. The maximum atomic E-state index is 8.94. The van der Waals surface area contributed by atoms with Gasteiger partial charge in [-0.1, -0.05) is 12.8 Å². The van der Waals surface area contributed by atoms with Gasteiger partial charge < -0.3 is 10.2 Å². The molecule has 0 unspecified atom stereocenters. The molecule has 0 bridgehead atoms. The van der Waals surface area contributed by atoms with E-state index in [4.69, 9.17) is 5.26 Å². The summed E-state index contributed by atoms with van der Waals surface area (Å²) < 4.78 is 0. The van der Waals surface area contributed by atoms with Crippen LogP contribution in [-0.2, 0) is 0 Å². The van der Waals surface area contributed by atoms with Crippen LogP contribution in [0.15, 0.2) is 18.3 Å². The molecule has 1 aliphatic rings. The largest absolute Gasteiger partial charge is 0.381 e. The van der Waals surface area contributed by atoms with Gasteiger partial charge in [-0.15, -0.1) is 0 Å². The molecule has 1 saturated carbocycles. The second-order valence-electron chi connectivity index (χ2n) is 4.86. The Bertz CT molecular complexity index is 418. The number of pyridine rings is 1. The zero-order chi connectivity index (χ0) is 12.8. The van der Waals surface area contributed by atoms with E-state index >= 15 is 0 Å². The van der Waals surface area contributed by atoms with E-state index in [0.717, 1.165) is 24.8 Å². The van der Waals surface area contributed by atoms with Crippen molar-refractivity contribution in [1.29, 1.82) is 5.26 Å². The number of rotatable bonds is 5. The first-order chi connectivity index (χ1) is 8.81. The van der Waals surface area contributed by atoms with Crippen molar-refractivity contribution in [2.24, 2.45) is 0 Å². The predicted octanol–water partition coefficient (Wildman–Crippen LogP) is 2.24. The predicted molar refractivity (Wildman–Crippen MR) is 72.3 cm³/mol. The van der Waals surface area contributed by atoms with Gasteiger partial charge in [0, 0.05) is 25.3 Å². The zero-order valence-electron chi connectivity index (χ0n) is 10.9. The molecule has 4 nitrogen and oxygen atoms in total. The number of hydrogen-bond acceptors (Lipinski definition) is 4. The minimum atomic E-state index is 0.473. The lowest BCUT2D eigenvalue weighted by Crippen LogP contribution is -2.33. The van der Waals surface area contributed by atoms with Crippen LogP contribution in [0.3, 0.4) is 0 Å². The fraction of sp³-hybridized carbons (Fsp3) is 0.571. The summed E-state index contributed by atoms with van der Waals surface area (Å²) in [7, 11) is 2.19. The number of nitrogens with one attached hydrogen (secondary N) is 1. The lowest BCUT2D eigenvalue weighted by Gasteiger charge is -2.24. The Hall–Kier alpha value is -1.60. The van der Waals surface area contributed by atoms with Crippen LogP contribution in [0.5, 0.6) is 0 Å². The highest BCUT2D eigenvalue weighted by Crippen LogP contribution is 2.22. The molecule has 1 aliphatic carbocycles. The number of nitrogens with zero attached hydrogens (tertiary/aromatic N) is 3. The molecule has 18 heavy (non-hydrogen) atoms. The lowest BCUT2D eigenvalue weighted by atomic mass is 10.2. The van der Waals surface area contributed by atoms with Crippen molar-refractivity contribution in [3.63, 3.8) is 0 Å². The number of aromatic nitrogens is 1. The maximum Gasteiger partial charge on any atom is 0.163 e. The van der Waals surface area contributed by atoms with Gasteiger partial charge >= 0.3 is 0 Å². The molecule has 0 saturated heterocycles. The molecule has 1 aromatic rings. The average Bonchev–Trinajstić information content (AvgIpc) is 2.93. The minimum absolute atomic E-state index is 0.473. The van der Waals surface area contributed by atoms with Gasteiger partial charge in [-0.2, -0.15) is 5.26 Å². The summed E-state index contributed by atoms with van der Waals surface area (Å²) in [4.78, 5) is 6.45. The molecule has 0 atom stereocenters. The third-order valence-electron chi connectivity index (χ3n) is 3.64. The Morgan fingerprint density at radius 2 is 2.28 bits per heavy atom. The standard InChI is InChI=1S/C14H20N4/c1-18(12-5-2-3-6-12)10-9-17-13-7-4-8-16-14(13)11-15/h4,7-8,12,17H,2-3,5-6,9-10H2,1H3. The first kappa shape index (κ1) is 12.8. The Kier molecular flexibility index (Phi) is 4.54. The Balaban J connectivity index is 1.79. The van der Waals surface area contributed by atoms with E-state index in [9.17, 15) is 0 Å². The Labute approximate surface area is 109 Å². The maximum absolute atomic E-state index is 8.94. The van der Waals surface area contributed by atoms with Gasteiger partial charge in [0.25, 0.3) is 0 Å². The third-order valence-corrected chi connectivity index (χ3v) is 3.64. The number of nitriles is 1. The summed E-state index contributed by atoms with van der Waals surface area (Å²) in [5.74, 6) is 0. The number of hydrogen-bond donors (Lipinski definition) is 1. The normalized spacial score (nSPS) is 15.8. The summed E-state index contributed by atoms with van der Waals surface area (Å²) >= 11 is 0. The van der Waals surface area contributed by atoms with E-state index in [1.807, 2.05) is 12.1 Å². The molecule has 0 radical (unpaired) electrons. The van der Waals surface area contributed by atoms with Crippen LogP contribution < -0.4 is 5.32 Å². The first-order valence-electron chi connectivity index (χ1n) is 6.60. The van der Waals surface area contributed by atoms with E-state index in [2.05, 4.69) is 28.3 Å². The van der Waals surface area contributed by atoms with Crippen molar-refractivity contribution in [3.8, 4) is 6.07 Å². The fourth-order valence-corrected chi connectivity index (χ4v) is 2.53. The van der Waals surface area contributed by atoms with Crippen molar-refractivity contribution < 1.29 is 0 Å². The average molecular weight is 244 g/mol. The summed E-state index contributed by atoms with van der Waals surface area (Å²) in [6, 6.07) is 6.60. The van der Waals surface area contributed by atoms with Gasteiger partial charge in [0.2, 0.25) is 0 Å². The van der Waals surface area contributed by atoms with Crippen LogP contribution >= 0.6 is 0 Å². The van der Waals surface area contributed by atoms with E-state index in [1.54, 1.807) is 6.20 Å². The second-order valence-corrected chi connectivity index (χ2v) is 4.86. The number of anilines is 1. The van der Waals surface area contributed by atoms with Crippen molar-refractivity contribution in [1.82, 2.24) is 9.88 Å². The minimum Gasteiger partial charge on any atom is -0.381 e. The molecular formula is C14H20N4. The summed E-state index contributed by atoms with van der Waals surface area (Å²) in [6.45, 7) is 1.86. The summed E-state index contributed by atoms with van der Waals surface area (Å²) in [5, 5.41) is 12.2. The molecule has 0 aliphatic heterocycles. The molecule has 0 amide bonds. The van der Waals surface area contributed by atoms with Gasteiger partial charge in [-0.05, 0) is 32.0 Å². The van der Waals surface area contributed by atoms with Gasteiger partial charge in [0.15, 0.2) is 5.69 Å². The van der Waals surface area contributed by atoms with Crippen LogP contribution in [0.2, 0.25) is 0 Å². The van der Waals surface area contributed by atoms with Gasteiger partial charge in [-0.25, -0.2) is 4.98 Å². The lowest BCUT2D eigenvalue weighted by molar-refractivity contribution is 0.254. The highest BCUT2D eigenvalue weighted by atomic mass is 15.1. The molecular weight excluding hydrogens is 224 g/mol. The van der Waals surface area contributed by atoms with Crippen LogP contribution in [0, 0.1) is 11.3 Å². The molecule has 4 heteroatoms. The molecule has 96 valence electrons. The van der Waals surface area contributed by atoms with Crippen LogP contribution in [0.25, 0.3) is 0 Å². The van der Waals surface area contributed by atoms with E-state index in [-0.39, 0.29) is 0 Å².